The molecule has 29 heavy (non-hydrogen) atoms. The Bertz CT molecular complexity index is 932. The maximum Gasteiger partial charge on any atom is 0.417 e. The minimum Gasteiger partial charge on any atom is -0.439 e. The second-order valence-corrected chi connectivity index (χ2v) is 6.31. The molecule has 154 valence electrons. The van der Waals surface area contributed by atoms with E-state index in [4.69, 9.17) is 16.3 Å². The van der Waals surface area contributed by atoms with E-state index in [0.717, 1.165) is 24.2 Å². The highest BCUT2D eigenvalue weighted by molar-refractivity contribution is 6.33. The third-order valence-corrected chi connectivity index (χ3v) is 4.33. The van der Waals surface area contributed by atoms with Crippen molar-refractivity contribution in [3.63, 3.8) is 0 Å². The average molecular weight is 425 g/mol. The van der Waals surface area contributed by atoms with Crippen molar-refractivity contribution in [1.82, 2.24) is 15.0 Å². The van der Waals surface area contributed by atoms with E-state index in [0.29, 0.717) is 28.8 Å². The number of nitrogens with zero attached hydrogens (tertiary/aromatic N) is 3. The van der Waals surface area contributed by atoms with E-state index in [2.05, 4.69) is 20.3 Å². The van der Waals surface area contributed by atoms with Crippen LogP contribution in [0.2, 0.25) is 5.02 Å². The molecule has 5 nitrogen and oxygen atoms in total. The van der Waals surface area contributed by atoms with Gasteiger partial charge < -0.3 is 10.1 Å². The molecule has 0 saturated carbocycles. The fourth-order valence-corrected chi connectivity index (χ4v) is 2.52. The zero-order valence-electron chi connectivity index (χ0n) is 14.8. The van der Waals surface area contributed by atoms with E-state index in [1.165, 1.54) is 12.4 Å². The lowest BCUT2D eigenvalue weighted by atomic mass is 10.1. The average Bonchev–Trinajstić information content (AvgIpc) is 2.66. The SMILES string of the molecule is C.Cc1ncnc(NCCc2ccc(Oc3ccc(C(F)(F)F)cn3)cc2)c1Cl. The van der Waals surface area contributed by atoms with Gasteiger partial charge in [0.2, 0.25) is 5.88 Å². The Morgan fingerprint density at radius 2 is 1.76 bits per heavy atom. The van der Waals surface area contributed by atoms with Gasteiger partial charge in [-0.1, -0.05) is 31.2 Å². The van der Waals surface area contributed by atoms with Crippen LogP contribution in [0.4, 0.5) is 19.0 Å². The van der Waals surface area contributed by atoms with Crippen molar-refractivity contribution >= 4 is 17.4 Å². The fourth-order valence-electron chi connectivity index (χ4n) is 2.36. The van der Waals surface area contributed by atoms with E-state index in [9.17, 15) is 13.2 Å². The van der Waals surface area contributed by atoms with E-state index in [-0.39, 0.29) is 13.3 Å². The number of rotatable bonds is 6. The van der Waals surface area contributed by atoms with Crippen LogP contribution in [0.5, 0.6) is 11.6 Å². The van der Waals surface area contributed by atoms with Crippen molar-refractivity contribution in [2.24, 2.45) is 0 Å². The number of aryl methyl sites for hydroxylation is 1. The minimum absolute atomic E-state index is 0. The van der Waals surface area contributed by atoms with Gasteiger partial charge in [-0.2, -0.15) is 13.2 Å². The molecule has 0 aliphatic carbocycles. The first kappa shape index (κ1) is 22.4. The fraction of sp³-hybridized carbons (Fsp3) is 0.250. The summed E-state index contributed by atoms with van der Waals surface area (Å²) in [5.41, 5.74) is 0.932. The van der Waals surface area contributed by atoms with Gasteiger partial charge in [-0.05, 0) is 37.1 Å². The van der Waals surface area contributed by atoms with E-state index in [1.54, 1.807) is 19.1 Å². The molecule has 9 heteroatoms. The van der Waals surface area contributed by atoms with Gasteiger partial charge in [-0.25, -0.2) is 15.0 Å². The van der Waals surface area contributed by atoms with Crippen LogP contribution in [0.15, 0.2) is 48.9 Å². The van der Waals surface area contributed by atoms with Gasteiger partial charge in [0.15, 0.2) is 0 Å². The van der Waals surface area contributed by atoms with Crippen LogP contribution in [-0.4, -0.2) is 21.5 Å². The van der Waals surface area contributed by atoms with E-state index >= 15 is 0 Å². The molecule has 1 aromatic carbocycles. The normalized spacial score (nSPS) is 10.9. The Morgan fingerprint density at radius 1 is 1.03 bits per heavy atom. The number of halogens is 4. The molecular formula is C20H20ClF3N4O. The van der Waals surface area contributed by atoms with Crippen LogP contribution in [-0.2, 0) is 12.6 Å². The molecule has 0 aliphatic heterocycles. The Balaban J connectivity index is 0.00000300. The quantitative estimate of drug-likeness (QED) is 0.531. The molecular weight excluding hydrogens is 405 g/mol. The highest BCUT2D eigenvalue weighted by Gasteiger charge is 2.30. The standard InChI is InChI=1S/C19H16ClF3N4O.CH4/c1-12-17(20)18(27-11-26-12)24-9-8-13-2-5-15(6-3-13)28-16-7-4-14(10-25-16)19(21,22)23;/h2-7,10-11H,8-9H2,1H3,(H,24,26,27);1H4. The van der Waals surface area contributed by atoms with Crippen molar-refractivity contribution in [2.45, 2.75) is 26.9 Å². The predicted molar refractivity (Wildman–Crippen MR) is 106 cm³/mol. The van der Waals surface area contributed by atoms with Crippen molar-refractivity contribution < 1.29 is 17.9 Å². The van der Waals surface area contributed by atoms with Crippen LogP contribution in [0.25, 0.3) is 0 Å². The Labute approximate surface area is 171 Å². The van der Waals surface area contributed by atoms with Crippen molar-refractivity contribution in [2.75, 3.05) is 11.9 Å². The Kier molecular flexibility index (Phi) is 7.39. The molecule has 0 radical (unpaired) electrons. The van der Waals surface area contributed by atoms with Crippen LogP contribution >= 0.6 is 11.6 Å². The molecule has 2 aromatic heterocycles. The number of benzene rings is 1. The molecule has 0 bridgehead atoms. The first-order valence-corrected chi connectivity index (χ1v) is 8.72. The highest BCUT2D eigenvalue weighted by Crippen LogP contribution is 2.30. The first-order valence-electron chi connectivity index (χ1n) is 8.34. The summed E-state index contributed by atoms with van der Waals surface area (Å²) in [5.74, 6) is 1.16. The first-order chi connectivity index (χ1) is 13.3. The summed E-state index contributed by atoms with van der Waals surface area (Å²) in [6.07, 6.45) is -1.51. The summed E-state index contributed by atoms with van der Waals surface area (Å²) in [5, 5.41) is 3.65. The molecule has 0 fully saturated rings. The lowest BCUT2D eigenvalue weighted by Crippen LogP contribution is -2.07. The van der Waals surface area contributed by atoms with Crippen molar-refractivity contribution in [1.29, 1.82) is 0 Å². The zero-order valence-corrected chi connectivity index (χ0v) is 15.6. The van der Waals surface area contributed by atoms with Crippen LogP contribution in [0.1, 0.15) is 24.2 Å². The number of ether oxygens (including phenoxy) is 1. The van der Waals surface area contributed by atoms with Crippen LogP contribution < -0.4 is 10.1 Å². The van der Waals surface area contributed by atoms with Crippen LogP contribution in [0.3, 0.4) is 0 Å². The second-order valence-electron chi connectivity index (χ2n) is 5.93. The lowest BCUT2D eigenvalue weighted by molar-refractivity contribution is -0.137. The topological polar surface area (TPSA) is 59.9 Å². The molecule has 0 aliphatic rings. The molecule has 0 amide bonds. The maximum atomic E-state index is 12.5. The molecule has 0 unspecified atom stereocenters. The summed E-state index contributed by atoms with van der Waals surface area (Å²) in [6.45, 7) is 2.43. The smallest absolute Gasteiger partial charge is 0.417 e. The predicted octanol–water partition coefficient (Wildman–Crippen LogP) is 5.94. The maximum absolute atomic E-state index is 12.5. The minimum atomic E-state index is -4.42. The number of hydrogen-bond acceptors (Lipinski definition) is 5. The third kappa shape index (κ3) is 6.05. The van der Waals surface area contributed by atoms with Gasteiger partial charge in [0.25, 0.3) is 0 Å². The van der Waals surface area contributed by atoms with Crippen molar-refractivity contribution in [3.05, 3.63) is 70.8 Å². The molecule has 2 heterocycles. The molecule has 0 atom stereocenters. The molecule has 1 N–H and O–H groups in total. The Hall–Kier alpha value is -2.87. The number of hydrogen-bond donors (Lipinski definition) is 1. The molecule has 0 spiro atoms. The molecule has 3 rings (SSSR count). The van der Waals surface area contributed by atoms with Gasteiger partial charge in [0, 0.05) is 18.8 Å². The summed E-state index contributed by atoms with van der Waals surface area (Å²) in [7, 11) is 0. The van der Waals surface area contributed by atoms with Crippen molar-refractivity contribution in [3.8, 4) is 11.6 Å². The van der Waals surface area contributed by atoms with Gasteiger partial charge in [-0.3, -0.25) is 0 Å². The third-order valence-electron chi connectivity index (χ3n) is 3.88. The molecule has 3 aromatic rings. The summed E-state index contributed by atoms with van der Waals surface area (Å²) < 4.78 is 43.1. The summed E-state index contributed by atoms with van der Waals surface area (Å²) in [4.78, 5) is 11.8. The van der Waals surface area contributed by atoms with Gasteiger partial charge in [0.05, 0.1) is 11.3 Å². The molecule has 0 saturated heterocycles. The number of alkyl halides is 3. The monoisotopic (exact) mass is 424 g/mol. The zero-order chi connectivity index (χ0) is 20.1. The number of aromatic nitrogens is 3. The van der Waals surface area contributed by atoms with Gasteiger partial charge in [0.1, 0.15) is 22.9 Å². The summed E-state index contributed by atoms with van der Waals surface area (Å²) in [6, 6.07) is 9.32. The number of anilines is 1. The number of pyridine rings is 1. The van der Waals surface area contributed by atoms with Gasteiger partial charge >= 0.3 is 6.18 Å². The van der Waals surface area contributed by atoms with E-state index < -0.39 is 11.7 Å². The Morgan fingerprint density at radius 3 is 2.38 bits per heavy atom. The van der Waals surface area contributed by atoms with E-state index in [1.807, 2.05) is 12.1 Å². The number of nitrogens with one attached hydrogen (secondary N) is 1. The summed E-state index contributed by atoms with van der Waals surface area (Å²) >= 11 is 6.14. The highest BCUT2D eigenvalue weighted by atomic mass is 35.5. The largest absolute Gasteiger partial charge is 0.439 e. The second kappa shape index (κ2) is 9.56. The van der Waals surface area contributed by atoms with Crippen LogP contribution in [0, 0.1) is 6.92 Å². The van der Waals surface area contributed by atoms with Gasteiger partial charge in [-0.15, -0.1) is 0 Å². The lowest BCUT2D eigenvalue weighted by Gasteiger charge is -2.10.